The minimum atomic E-state index is -0.840. The molecule has 108 valence electrons. The maximum Gasteiger partial charge on any atom is 0.313 e. The van der Waals surface area contributed by atoms with Crippen molar-refractivity contribution in [2.24, 2.45) is 0 Å². The number of aliphatic carboxylic acids is 1. The topological polar surface area (TPSA) is 75.6 Å². The van der Waals surface area contributed by atoms with Crippen molar-refractivity contribution in [2.75, 3.05) is 18.1 Å². The molecular formula is C14H17NO4S. The van der Waals surface area contributed by atoms with Crippen molar-refractivity contribution < 1.29 is 19.4 Å². The Bertz CT molecular complexity index is 473. The summed E-state index contributed by atoms with van der Waals surface area (Å²) in [6, 6.07) is 9.29. The fraction of sp³-hybridized carbons (Fsp3) is 0.429. The van der Waals surface area contributed by atoms with Gasteiger partial charge in [-0.2, -0.15) is 0 Å². The molecule has 0 unspecified atom stereocenters. The number of benzene rings is 1. The van der Waals surface area contributed by atoms with Crippen molar-refractivity contribution in [3.8, 4) is 5.75 Å². The van der Waals surface area contributed by atoms with Gasteiger partial charge in [-0.1, -0.05) is 18.2 Å². The molecule has 0 saturated heterocycles. The molecule has 0 atom stereocenters. The number of nitrogens with one attached hydrogen (secondary N) is 1. The molecule has 1 amide bonds. The SMILES string of the molecule is O=C(O)CSCCNC(=O)C1(Oc2ccccc2)CC1. The maximum atomic E-state index is 12.1. The highest BCUT2D eigenvalue weighted by molar-refractivity contribution is 7.99. The Morgan fingerprint density at radius 3 is 2.60 bits per heavy atom. The molecule has 0 radical (unpaired) electrons. The predicted molar refractivity (Wildman–Crippen MR) is 77.0 cm³/mol. The largest absolute Gasteiger partial charge is 0.481 e. The fourth-order valence-corrected chi connectivity index (χ4v) is 2.33. The molecule has 5 nitrogen and oxygen atoms in total. The lowest BCUT2D eigenvalue weighted by molar-refractivity contribution is -0.134. The van der Waals surface area contributed by atoms with Crippen LogP contribution < -0.4 is 10.1 Å². The summed E-state index contributed by atoms with van der Waals surface area (Å²) < 4.78 is 5.76. The summed E-state index contributed by atoms with van der Waals surface area (Å²) in [5, 5.41) is 11.3. The third-order valence-corrected chi connectivity index (χ3v) is 3.88. The number of carbonyl (C=O) groups is 2. The smallest absolute Gasteiger partial charge is 0.313 e. The van der Waals surface area contributed by atoms with Crippen LogP contribution in [0.5, 0.6) is 5.75 Å². The Kier molecular flexibility index (Phi) is 4.89. The van der Waals surface area contributed by atoms with E-state index in [9.17, 15) is 9.59 Å². The van der Waals surface area contributed by atoms with Gasteiger partial charge < -0.3 is 15.2 Å². The van der Waals surface area contributed by atoms with Crippen LogP contribution in [0.2, 0.25) is 0 Å². The van der Waals surface area contributed by atoms with Crippen LogP contribution in [-0.2, 0) is 9.59 Å². The molecule has 2 rings (SSSR count). The lowest BCUT2D eigenvalue weighted by atomic mass is 10.3. The van der Waals surface area contributed by atoms with Gasteiger partial charge >= 0.3 is 5.97 Å². The van der Waals surface area contributed by atoms with E-state index in [1.807, 2.05) is 30.3 Å². The van der Waals surface area contributed by atoms with Gasteiger partial charge in [0, 0.05) is 25.1 Å². The van der Waals surface area contributed by atoms with Gasteiger partial charge in [-0.05, 0) is 12.1 Å². The molecule has 1 aliphatic carbocycles. The van der Waals surface area contributed by atoms with Crippen LogP contribution >= 0.6 is 11.8 Å². The van der Waals surface area contributed by atoms with E-state index in [-0.39, 0.29) is 11.7 Å². The van der Waals surface area contributed by atoms with Crippen LogP contribution in [-0.4, -0.2) is 40.6 Å². The van der Waals surface area contributed by atoms with E-state index in [2.05, 4.69) is 5.32 Å². The quantitative estimate of drug-likeness (QED) is 0.711. The van der Waals surface area contributed by atoms with Gasteiger partial charge in [0.2, 0.25) is 0 Å². The molecule has 2 N–H and O–H groups in total. The van der Waals surface area contributed by atoms with E-state index in [0.29, 0.717) is 18.0 Å². The van der Waals surface area contributed by atoms with Crippen molar-refractivity contribution in [1.82, 2.24) is 5.32 Å². The van der Waals surface area contributed by atoms with Crippen LogP contribution in [0.25, 0.3) is 0 Å². The van der Waals surface area contributed by atoms with Gasteiger partial charge in [-0.3, -0.25) is 9.59 Å². The lowest BCUT2D eigenvalue weighted by Gasteiger charge is -2.17. The molecular weight excluding hydrogens is 278 g/mol. The summed E-state index contributed by atoms with van der Waals surface area (Å²) in [4.78, 5) is 22.4. The minimum absolute atomic E-state index is 0.0571. The first-order valence-electron chi connectivity index (χ1n) is 6.44. The number of carboxylic acids is 1. The number of carboxylic acid groups (broad SMARTS) is 1. The molecule has 0 heterocycles. The normalized spacial score (nSPS) is 15.4. The standard InChI is InChI=1S/C14H17NO4S/c16-12(17)10-20-9-8-15-13(18)14(6-7-14)19-11-4-2-1-3-5-11/h1-5H,6-10H2,(H,15,18)(H,16,17). The Morgan fingerprint density at radius 2 is 2.00 bits per heavy atom. The highest BCUT2D eigenvalue weighted by Crippen LogP contribution is 2.40. The van der Waals surface area contributed by atoms with Crippen LogP contribution in [0, 0.1) is 0 Å². The van der Waals surface area contributed by atoms with Crippen molar-refractivity contribution in [3.05, 3.63) is 30.3 Å². The Morgan fingerprint density at radius 1 is 1.30 bits per heavy atom. The van der Waals surface area contributed by atoms with Gasteiger partial charge in [0.15, 0.2) is 5.60 Å². The molecule has 1 aromatic carbocycles. The second-order valence-corrected chi connectivity index (χ2v) is 5.72. The van der Waals surface area contributed by atoms with Gasteiger partial charge in [-0.25, -0.2) is 0 Å². The van der Waals surface area contributed by atoms with Crippen molar-refractivity contribution in [3.63, 3.8) is 0 Å². The van der Waals surface area contributed by atoms with Crippen molar-refractivity contribution in [2.45, 2.75) is 18.4 Å². The summed E-state index contributed by atoms with van der Waals surface area (Å²) in [7, 11) is 0. The second kappa shape index (κ2) is 6.65. The highest BCUT2D eigenvalue weighted by atomic mass is 32.2. The summed E-state index contributed by atoms with van der Waals surface area (Å²) >= 11 is 1.28. The fourth-order valence-electron chi connectivity index (χ4n) is 1.76. The summed E-state index contributed by atoms with van der Waals surface area (Å²) in [5.41, 5.74) is -0.723. The molecule has 0 aromatic heterocycles. The molecule has 1 aromatic rings. The lowest BCUT2D eigenvalue weighted by Crippen LogP contribution is -2.41. The first-order valence-corrected chi connectivity index (χ1v) is 7.60. The van der Waals surface area contributed by atoms with Gasteiger partial charge in [-0.15, -0.1) is 11.8 Å². The molecule has 0 bridgehead atoms. The van der Waals surface area contributed by atoms with Crippen LogP contribution in [0.1, 0.15) is 12.8 Å². The molecule has 20 heavy (non-hydrogen) atoms. The van der Waals surface area contributed by atoms with E-state index in [4.69, 9.17) is 9.84 Å². The van der Waals surface area contributed by atoms with Crippen LogP contribution in [0.15, 0.2) is 30.3 Å². The number of carbonyl (C=O) groups excluding carboxylic acids is 1. The molecule has 1 aliphatic rings. The van der Waals surface area contributed by atoms with E-state index in [0.717, 1.165) is 12.8 Å². The number of rotatable bonds is 8. The number of hydrogen-bond acceptors (Lipinski definition) is 4. The Balaban J connectivity index is 1.73. The zero-order valence-electron chi connectivity index (χ0n) is 11.0. The average Bonchev–Trinajstić information content (AvgIpc) is 3.20. The predicted octanol–water partition coefficient (Wildman–Crippen LogP) is 1.53. The van der Waals surface area contributed by atoms with E-state index < -0.39 is 11.6 Å². The highest BCUT2D eigenvalue weighted by Gasteiger charge is 2.52. The Labute approximate surface area is 121 Å². The van der Waals surface area contributed by atoms with Gasteiger partial charge in [0.1, 0.15) is 5.75 Å². The number of hydrogen-bond donors (Lipinski definition) is 2. The zero-order chi connectivity index (χ0) is 14.4. The third-order valence-electron chi connectivity index (χ3n) is 2.93. The summed E-state index contributed by atoms with van der Waals surface area (Å²) in [5.74, 6) is 0.381. The monoisotopic (exact) mass is 295 g/mol. The van der Waals surface area contributed by atoms with E-state index in [1.165, 1.54) is 11.8 Å². The average molecular weight is 295 g/mol. The molecule has 1 fully saturated rings. The number of amides is 1. The number of para-hydroxylation sites is 1. The Hall–Kier alpha value is -1.69. The molecule has 1 saturated carbocycles. The second-order valence-electron chi connectivity index (χ2n) is 4.61. The number of thioether (sulfide) groups is 1. The van der Waals surface area contributed by atoms with E-state index >= 15 is 0 Å². The minimum Gasteiger partial charge on any atom is -0.481 e. The third kappa shape index (κ3) is 4.16. The van der Waals surface area contributed by atoms with Gasteiger partial charge in [0.25, 0.3) is 5.91 Å². The summed E-state index contributed by atoms with van der Waals surface area (Å²) in [6.07, 6.45) is 1.44. The van der Waals surface area contributed by atoms with E-state index in [1.54, 1.807) is 0 Å². The summed E-state index contributed by atoms with van der Waals surface area (Å²) in [6.45, 7) is 0.455. The van der Waals surface area contributed by atoms with Crippen LogP contribution in [0.3, 0.4) is 0 Å². The van der Waals surface area contributed by atoms with Crippen LogP contribution in [0.4, 0.5) is 0 Å². The molecule has 0 spiro atoms. The van der Waals surface area contributed by atoms with Crippen molar-refractivity contribution in [1.29, 1.82) is 0 Å². The molecule has 6 heteroatoms. The maximum absolute atomic E-state index is 12.1. The first-order chi connectivity index (χ1) is 9.62. The zero-order valence-corrected chi connectivity index (χ0v) is 11.8. The van der Waals surface area contributed by atoms with Crippen molar-refractivity contribution >= 4 is 23.6 Å². The molecule has 0 aliphatic heterocycles. The number of ether oxygens (including phenoxy) is 1. The van der Waals surface area contributed by atoms with Gasteiger partial charge in [0.05, 0.1) is 5.75 Å². The first kappa shape index (κ1) is 14.7.